The van der Waals surface area contributed by atoms with Gasteiger partial charge in [0.05, 0.1) is 11.7 Å². The summed E-state index contributed by atoms with van der Waals surface area (Å²) < 4.78 is 0. The molecule has 1 saturated carbocycles. The first-order chi connectivity index (χ1) is 12.4. The van der Waals surface area contributed by atoms with Gasteiger partial charge >= 0.3 is 0 Å². The molecular weight excluding hydrogens is 328 g/mol. The summed E-state index contributed by atoms with van der Waals surface area (Å²) in [6.07, 6.45) is 13.3. The fraction of sp³-hybridized carbons (Fsp3) is 0.500. The first-order valence-electron chi connectivity index (χ1n) is 9.55. The van der Waals surface area contributed by atoms with Gasteiger partial charge in [-0.2, -0.15) is 0 Å². The summed E-state index contributed by atoms with van der Waals surface area (Å²) in [7, 11) is 0. The van der Waals surface area contributed by atoms with E-state index in [9.17, 15) is 0 Å². The predicted octanol–water partition coefficient (Wildman–Crippen LogP) is 5.16. The third kappa shape index (κ3) is 2.89. The highest BCUT2D eigenvalue weighted by Gasteiger charge is 2.21. The van der Waals surface area contributed by atoms with Gasteiger partial charge in [-0.05, 0) is 49.8 Å². The molecule has 4 heterocycles. The van der Waals surface area contributed by atoms with E-state index in [2.05, 4.69) is 34.1 Å². The summed E-state index contributed by atoms with van der Waals surface area (Å²) in [4.78, 5) is 13.0. The molecule has 2 fully saturated rings. The van der Waals surface area contributed by atoms with Gasteiger partial charge in [0.2, 0.25) is 0 Å². The Morgan fingerprint density at radius 2 is 2.00 bits per heavy atom. The van der Waals surface area contributed by atoms with Crippen LogP contribution in [0.3, 0.4) is 0 Å². The van der Waals surface area contributed by atoms with Crippen LogP contribution in [0.15, 0.2) is 23.8 Å². The predicted molar refractivity (Wildman–Crippen MR) is 103 cm³/mol. The van der Waals surface area contributed by atoms with Gasteiger partial charge in [0, 0.05) is 28.7 Å². The number of hydrogen-bond donors (Lipinski definition) is 2. The summed E-state index contributed by atoms with van der Waals surface area (Å²) >= 11 is 1.78. The van der Waals surface area contributed by atoms with Crippen LogP contribution in [-0.2, 0) is 0 Å². The van der Waals surface area contributed by atoms with Crippen LogP contribution in [0.25, 0.3) is 22.3 Å². The molecule has 0 spiro atoms. The SMILES string of the molecule is c1nc2[nH]cc(-c3csc(C4CCCN4)n3)c2cc1C1CCCCC1. The number of H-pyrrole nitrogens is 1. The molecule has 25 heavy (non-hydrogen) atoms. The van der Waals surface area contributed by atoms with E-state index < -0.39 is 0 Å². The number of aromatic amines is 1. The van der Waals surface area contributed by atoms with Crippen molar-refractivity contribution in [3.05, 3.63) is 34.4 Å². The molecule has 1 aliphatic carbocycles. The van der Waals surface area contributed by atoms with Crippen LogP contribution < -0.4 is 5.32 Å². The monoisotopic (exact) mass is 352 g/mol. The molecule has 0 radical (unpaired) electrons. The normalized spacial score (nSPS) is 22.0. The Morgan fingerprint density at radius 3 is 2.84 bits per heavy atom. The standard InChI is InChI=1S/C20H24N4S/c1-2-5-13(6-3-1)14-9-15-16(11-23-19(15)22-10-14)18-12-25-20(24-18)17-7-4-8-21-17/h9-13,17,21H,1-8H2,(H,22,23). The highest BCUT2D eigenvalue weighted by atomic mass is 32.1. The smallest absolute Gasteiger partial charge is 0.137 e. The molecule has 0 bridgehead atoms. The minimum absolute atomic E-state index is 0.444. The minimum atomic E-state index is 0.444. The quantitative estimate of drug-likeness (QED) is 0.684. The molecule has 5 heteroatoms. The Kier molecular flexibility index (Phi) is 4.06. The first kappa shape index (κ1) is 15.5. The maximum absolute atomic E-state index is 4.94. The van der Waals surface area contributed by atoms with Crippen LogP contribution in [0.5, 0.6) is 0 Å². The summed E-state index contributed by atoms with van der Waals surface area (Å²) in [5, 5.41) is 8.19. The third-order valence-electron chi connectivity index (χ3n) is 5.79. The zero-order valence-electron chi connectivity index (χ0n) is 14.4. The molecular formula is C20H24N4S. The molecule has 0 amide bonds. The Labute approximate surface area is 152 Å². The van der Waals surface area contributed by atoms with Crippen LogP contribution in [0.1, 0.15) is 67.5 Å². The van der Waals surface area contributed by atoms with Gasteiger partial charge in [0.15, 0.2) is 0 Å². The lowest BCUT2D eigenvalue weighted by molar-refractivity contribution is 0.443. The van der Waals surface area contributed by atoms with Crippen molar-refractivity contribution in [3.8, 4) is 11.3 Å². The fourth-order valence-corrected chi connectivity index (χ4v) is 5.29. The number of nitrogens with one attached hydrogen (secondary N) is 2. The summed E-state index contributed by atoms with van der Waals surface area (Å²) in [6, 6.07) is 2.80. The number of aromatic nitrogens is 3. The Morgan fingerprint density at radius 1 is 1.08 bits per heavy atom. The van der Waals surface area contributed by atoms with Crippen molar-refractivity contribution < 1.29 is 0 Å². The molecule has 0 aromatic carbocycles. The van der Waals surface area contributed by atoms with Gasteiger partial charge in [-0.25, -0.2) is 9.97 Å². The second-order valence-corrected chi connectivity index (χ2v) is 8.31. The van der Waals surface area contributed by atoms with E-state index in [0.717, 1.165) is 17.9 Å². The molecule has 130 valence electrons. The topological polar surface area (TPSA) is 53.6 Å². The van der Waals surface area contributed by atoms with Crippen LogP contribution in [0.4, 0.5) is 0 Å². The zero-order chi connectivity index (χ0) is 16.6. The van der Waals surface area contributed by atoms with Crippen molar-refractivity contribution in [2.24, 2.45) is 0 Å². The average Bonchev–Trinajstić information content (AvgIpc) is 3.40. The van der Waals surface area contributed by atoms with Gasteiger partial charge in [-0.3, -0.25) is 0 Å². The number of fused-ring (bicyclic) bond motifs is 1. The number of rotatable bonds is 3. The summed E-state index contributed by atoms with van der Waals surface area (Å²) in [5.41, 5.74) is 4.66. The van der Waals surface area contributed by atoms with Gasteiger partial charge < -0.3 is 10.3 Å². The highest BCUT2D eigenvalue weighted by Crippen LogP contribution is 2.36. The van der Waals surface area contributed by atoms with Crippen LogP contribution in [0.2, 0.25) is 0 Å². The van der Waals surface area contributed by atoms with Gasteiger partial charge in [-0.1, -0.05) is 19.3 Å². The van der Waals surface area contributed by atoms with Crippen molar-refractivity contribution in [3.63, 3.8) is 0 Å². The molecule has 1 aliphatic heterocycles. The van der Waals surface area contributed by atoms with E-state index in [4.69, 9.17) is 9.97 Å². The number of nitrogens with zero attached hydrogens (tertiary/aromatic N) is 2. The van der Waals surface area contributed by atoms with Crippen molar-refractivity contribution in [2.75, 3.05) is 6.54 Å². The highest BCUT2D eigenvalue weighted by molar-refractivity contribution is 7.10. The van der Waals surface area contributed by atoms with Crippen LogP contribution >= 0.6 is 11.3 Å². The van der Waals surface area contributed by atoms with E-state index in [1.807, 2.05) is 0 Å². The van der Waals surface area contributed by atoms with E-state index in [1.54, 1.807) is 11.3 Å². The molecule has 5 rings (SSSR count). The Hall–Kier alpha value is -1.72. The zero-order valence-corrected chi connectivity index (χ0v) is 15.2. The lowest BCUT2D eigenvalue weighted by atomic mass is 9.84. The van der Waals surface area contributed by atoms with E-state index in [0.29, 0.717) is 12.0 Å². The molecule has 2 N–H and O–H groups in total. The first-order valence-corrected chi connectivity index (χ1v) is 10.4. The maximum Gasteiger partial charge on any atom is 0.137 e. The molecule has 4 nitrogen and oxygen atoms in total. The maximum atomic E-state index is 4.94. The van der Waals surface area contributed by atoms with E-state index >= 15 is 0 Å². The molecule has 2 aliphatic rings. The number of thiazole rings is 1. The lowest BCUT2D eigenvalue weighted by Crippen LogP contribution is -2.12. The minimum Gasteiger partial charge on any atom is -0.345 e. The molecule has 1 unspecified atom stereocenters. The molecule has 3 aromatic rings. The number of hydrogen-bond acceptors (Lipinski definition) is 4. The molecule has 1 atom stereocenters. The Balaban J connectivity index is 1.50. The van der Waals surface area contributed by atoms with Crippen LogP contribution in [0, 0.1) is 0 Å². The van der Waals surface area contributed by atoms with Crippen molar-refractivity contribution >= 4 is 22.4 Å². The largest absolute Gasteiger partial charge is 0.345 e. The summed E-state index contributed by atoms with van der Waals surface area (Å²) in [6.45, 7) is 1.11. The van der Waals surface area contributed by atoms with Crippen molar-refractivity contribution in [1.82, 2.24) is 20.3 Å². The van der Waals surface area contributed by atoms with Crippen molar-refractivity contribution in [1.29, 1.82) is 0 Å². The van der Waals surface area contributed by atoms with Crippen molar-refractivity contribution in [2.45, 2.75) is 56.9 Å². The molecule has 1 saturated heterocycles. The number of pyridine rings is 1. The Bertz CT molecular complexity index is 869. The van der Waals surface area contributed by atoms with Gasteiger partial charge in [0.1, 0.15) is 10.7 Å². The average molecular weight is 353 g/mol. The second-order valence-electron chi connectivity index (χ2n) is 7.42. The van der Waals surface area contributed by atoms with Crippen LogP contribution in [-0.4, -0.2) is 21.5 Å². The fourth-order valence-electron chi connectivity index (χ4n) is 4.36. The third-order valence-corrected chi connectivity index (χ3v) is 6.74. The van der Waals surface area contributed by atoms with E-state index in [1.165, 1.54) is 66.5 Å². The molecule has 3 aromatic heterocycles. The van der Waals surface area contributed by atoms with Gasteiger partial charge in [-0.15, -0.1) is 11.3 Å². The van der Waals surface area contributed by atoms with E-state index in [-0.39, 0.29) is 0 Å². The van der Waals surface area contributed by atoms with Gasteiger partial charge in [0.25, 0.3) is 0 Å². The summed E-state index contributed by atoms with van der Waals surface area (Å²) in [5.74, 6) is 0.682. The lowest BCUT2D eigenvalue weighted by Gasteiger charge is -2.21. The second kappa shape index (κ2) is 6.54.